The summed E-state index contributed by atoms with van der Waals surface area (Å²) in [6.07, 6.45) is 0. The maximum atomic E-state index is 10.1. The monoisotopic (exact) mass is 355 g/mol. The van der Waals surface area contributed by atoms with Gasteiger partial charge < -0.3 is 15.2 Å². The molecule has 2 aromatic carbocycles. The van der Waals surface area contributed by atoms with Gasteiger partial charge in [-0.2, -0.15) is 0 Å². The molecule has 0 aliphatic rings. The van der Waals surface area contributed by atoms with E-state index in [9.17, 15) is 5.11 Å². The highest BCUT2D eigenvalue weighted by atomic mass is 79.9. The summed E-state index contributed by atoms with van der Waals surface area (Å²) in [5.41, 5.74) is 2.80. The van der Waals surface area contributed by atoms with Gasteiger partial charge in [-0.15, -0.1) is 0 Å². The topological polar surface area (TPSA) is 41.5 Å². The fourth-order valence-electron chi connectivity index (χ4n) is 1.91. The third-order valence-corrected chi connectivity index (χ3v) is 4.15. The molecule has 5 heteroatoms. The molecule has 0 fully saturated rings. The first-order valence-corrected chi connectivity index (χ1v) is 7.24. The quantitative estimate of drug-likeness (QED) is 0.831. The van der Waals surface area contributed by atoms with Crippen molar-refractivity contribution in [1.82, 2.24) is 0 Å². The number of rotatable bonds is 4. The number of methoxy groups -OCH3 is 1. The van der Waals surface area contributed by atoms with Gasteiger partial charge in [0.05, 0.1) is 7.11 Å². The van der Waals surface area contributed by atoms with Gasteiger partial charge in [0, 0.05) is 33.4 Å². The van der Waals surface area contributed by atoms with Crippen LogP contribution in [0.1, 0.15) is 11.1 Å². The van der Waals surface area contributed by atoms with Crippen molar-refractivity contribution in [3.05, 3.63) is 51.0 Å². The summed E-state index contributed by atoms with van der Waals surface area (Å²) >= 11 is 9.50. The van der Waals surface area contributed by atoms with Gasteiger partial charge in [-0.25, -0.2) is 0 Å². The van der Waals surface area contributed by atoms with Crippen LogP contribution < -0.4 is 10.1 Å². The average Bonchev–Trinajstić information content (AvgIpc) is 2.43. The zero-order valence-electron chi connectivity index (χ0n) is 11.2. The second-order valence-electron chi connectivity index (χ2n) is 4.38. The maximum Gasteiger partial charge on any atom is 0.162 e. The van der Waals surface area contributed by atoms with Crippen LogP contribution >= 0.6 is 27.5 Å². The first-order chi connectivity index (χ1) is 9.52. The van der Waals surface area contributed by atoms with Gasteiger partial charge in [0.2, 0.25) is 0 Å². The van der Waals surface area contributed by atoms with Gasteiger partial charge in [-0.05, 0) is 30.7 Å². The Morgan fingerprint density at radius 1 is 1.35 bits per heavy atom. The summed E-state index contributed by atoms with van der Waals surface area (Å²) < 4.78 is 6.13. The van der Waals surface area contributed by atoms with Crippen molar-refractivity contribution >= 4 is 33.2 Å². The Balaban J connectivity index is 2.23. The van der Waals surface area contributed by atoms with Crippen molar-refractivity contribution in [2.24, 2.45) is 0 Å². The number of hydrogen-bond acceptors (Lipinski definition) is 3. The van der Waals surface area contributed by atoms with E-state index >= 15 is 0 Å². The van der Waals surface area contributed by atoms with Gasteiger partial charge in [0.15, 0.2) is 11.5 Å². The summed E-state index contributed by atoms with van der Waals surface area (Å²) in [6, 6.07) is 9.24. The molecule has 2 aromatic rings. The van der Waals surface area contributed by atoms with Gasteiger partial charge >= 0.3 is 0 Å². The summed E-state index contributed by atoms with van der Waals surface area (Å²) in [5, 5.41) is 13.9. The minimum absolute atomic E-state index is 0.108. The molecule has 20 heavy (non-hydrogen) atoms. The van der Waals surface area contributed by atoms with Crippen LogP contribution in [0.5, 0.6) is 11.5 Å². The van der Waals surface area contributed by atoms with E-state index in [-0.39, 0.29) is 5.75 Å². The van der Waals surface area contributed by atoms with Crippen LogP contribution in [0.4, 0.5) is 5.69 Å². The molecular formula is C15H15BrClNO2. The van der Waals surface area contributed by atoms with Crippen LogP contribution in [0.2, 0.25) is 5.02 Å². The van der Waals surface area contributed by atoms with Crippen LogP contribution in [-0.2, 0) is 6.54 Å². The highest BCUT2D eigenvalue weighted by molar-refractivity contribution is 9.10. The van der Waals surface area contributed by atoms with Crippen molar-refractivity contribution in [2.45, 2.75) is 13.5 Å². The second kappa shape index (κ2) is 6.37. The van der Waals surface area contributed by atoms with E-state index in [1.54, 1.807) is 12.1 Å². The molecule has 106 valence electrons. The SMILES string of the molecule is COc1cc(Cl)cc(CNc2cccc(Br)c2C)c1O. The van der Waals surface area contributed by atoms with Crippen LogP contribution in [0.15, 0.2) is 34.8 Å². The molecule has 0 spiro atoms. The van der Waals surface area contributed by atoms with E-state index in [1.807, 2.05) is 25.1 Å². The molecule has 0 unspecified atom stereocenters. The molecule has 0 aliphatic heterocycles. The fourth-order valence-corrected chi connectivity index (χ4v) is 2.51. The maximum absolute atomic E-state index is 10.1. The Labute approximate surface area is 131 Å². The molecule has 2 N–H and O–H groups in total. The zero-order valence-corrected chi connectivity index (χ0v) is 13.5. The van der Waals surface area contributed by atoms with E-state index in [4.69, 9.17) is 16.3 Å². The van der Waals surface area contributed by atoms with Crippen molar-refractivity contribution in [1.29, 1.82) is 0 Å². The number of benzene rings is 2. The minimum Gasteiger partial charge on any atom is -0.504 e. The van der Waals surface area contributed by atoms with E-state index in [2.05, 4.69) is 21.2 Å². The molecule has 0 saturated heterocycles. The Hall–Kier alpha value is -1.39. The van der Waals surface area contributed by atoms with Crippen LogP contribution in [0.25, 0.3) is 0 Å². The number of phenols is 1. The number of halogens is 2. The lowest BCUT2D eigenvalue weighted by Gasteiger charge is -2.13. The summed E-state index contributed by atoms with van der Waals surface area (Å²) in [7, 11) is 1.50. The Bertz CT molecular complexity index is 632. The molecule has 0 saturated carbocycles. The fraction of sp³-hybridized carbons (Fsp3) is 0.200. The number of nitrogens with one attached hydrogen (secondary N) is 1. The average molecular weight is 357 g/mol. The lowest BCUT2D eigenvalue weighted by atomic mass is 10.1. The first-order valence-electron chi connectivity index (χ1n) is 6.07. The number of hydrogen-bond donors (Lipinski definition) is 2. The zero-order chi connectivity index (χ0) is 14.7. The molecule has 0 aliphatic carbocycles. The largest absolute Gasteiger partial charge is 0.504 e. The predicted molar refractivity (Wildman–Crippen MR) is 85.9 cm³/mol. The van der Waals surface area contributed by atoms with Crippen molar-refractivity contribution in [3.63, 3.8) is 0 Å². The number of ether oxygens (including phenoxy) is 1. The third kappa shape index (κ3) is 3.19. The molecule has 0 bridgehead atoms. The molecule has 0 amide bonds. The highest BCUT2D eigenvalue weighted by Crippen LogP contribution is 2.34. The van der Waals surface area contributed by atoms with E-state index in [1.165, 1.54) is 7.11 Å². The predicted octanol–water partition coefficient (Wildman–Crippen LogP) is 4.74. The van der Waals surface area contributed by atoms with Gasteiger partial charge in [-0.3, -0.25) is 0 Å². The van der Waals surface area contributed by atoms with E-state index in [0.717, 1.165) is 15.7 Å². The third-order valence-electron chi connectivity index (χ3n) is 3.08. The van der Waals surface area contributed by atoms with Crippen molar-refractivity contribution in [3.8, 4) is 11.5 Å². The molecule has 0 heterocycles. The summed E-state index contributed by atoms with van der Waals surface area (Å²) in [4.78, 5) is 0. The van der Waals surface area contributed by atoms with Crippen LogP contribution in [-0.4, -0.2) is 12.2 Å². The Kier molecular flexibility index (Phi) is 4.78. The van der Waals surface area contributed by atoms with Gasteiger partial charge in [-0.1, -0.05) is 33.6 Å². The second-order valence-corrected chi connectivity index (χ2v) is 5.67. The minimum atomic E-state index is 0.108. The molecule has 0 radical (unpaired) electrons. The molecule has 3 nitrogen and oxygen atoms in total. The van der Waals surface area contributed by atoms with Gasteiger partial charge in [0.1, 0.15) is 0 Å². The van der Waals surface area contributed by atoms with Crippen LogP contribution in [0.3, 0.4) is 0 Å². The number of anilines is 1. The molecule has 0 atom stereocenters. The van der Waals surface area contributed by atoms with E-state index < -0.39 is 0 Å². The molecule has 0 aromatic heterocycles. The normalized spacial score (nSPS) is 10.4. The molecular weight excluding hydrogens is 342 g/mol. The smallest absolute Gasteiger partial charge is 0.162 e. The van der Waals surface area contributed by atoms with Crippen molar-refractivity contribution < 1.29 is 9.84 Å². The summed E-state index contributed by atoms with van der Waals surface area (Å²) in [6.45, 7) is 2.48. The molecule has 2 rings (SSSR count). The number of aromatic hydroxyl groups is 1. The lowest BCUT2D eigenvalue weighted by Crippen LogP contribution is -2.02. The Morgan fingerprint density at radius 3 is 2.80 bits per heavy atom. The van der Waals surface area contributed by atoms with Gasteiger partial charge in [0.25, 0.3) is 0 Å². The van der Waals surface area contributed by atoms with Crippen LogP contribution in [0, 0.1) is 6.92 Å². The van der Waals surface area contributed by atoms with E-state index in [0.29, 0.717) is 22.9 Å². The van der Waals surface area contributed by atoms with Crippen molar-refractivity contribution in [2.75, 3.05) is 12.4 Å². The highest BCUT2D eigenvalue weighted by Gasteiger charge is 2.10. The number of phenolic OH excluding ortho intramolecular Hbond substituents is 1. The first kappa shape index (κ1) is 15.0. The Morgan fingerprint density at radius 2 is 2.10 bits per heavy atom. The standard InChI is InChI=1S/C15H15BrClNO2/c1-9-12(16)4-3-5-13(9)18-8-10-6-11(17)7-14(20-2)15(10)19/h3-7,18-19H,8H2,1-2H3. The lowest BCUT2D eigenvalue weighted by molar-refractivity contribution is 0.371. The summed E-state index contributed by atoms with van der Waals surface area (Å²) in [5.74, 6) is 0.484.